The van der Waals surface area contributed by atoms with E-state index in [1.54, 1.807) is 4.90 Å². The summed E-state index contributed by atoms with van der Waals surface area (Å²) in [6.07, 6.45) is 0. The van der Waals surface area contributed by atoms with Crippen LogP contribution in [-0.4, -0.2) is 19.0 Å². The van der Waals surface area contributed by atoms with Crippen molar-refractivity contribution in [3.8, 4) is 0 Å². The first kappa shape index (κ1) is 14.7. The second-order valence-corrected chi connectivity index (χ2v) is 5.79. The monoisotopic (exact) mass is 248 g/mol. The Bertz CT molecular complexity index is 433. The van der Waals surface area contributed by atoms with E-state index in [0.29, 0.717) is 13.1 Å². The van der Waals surface area contributed by atoms with E-state index in [1.165, 1.54) is 5.56 Å². The van der Waals surface area contributed by atoms with Crippen LogP contribution in [0.5, 0.6) is 0 Å². The number of benzene rings is 1. The van der Waals surface area contributed by atoms with E-state index in [0.717, 1.165) is 11.3 Å². The number of nitrogens with zero attached hydrogens (tertiary/aromatic N) is 1. The first-order valence-electron chi connectivity index (χ1n) is 6.36. The summed E-state index contributed by atoms with van der Waals surface area (Å²) in [6.45, 7) is 10.9. The molecular weight excluding hydrogens is 224 g/mol. The van der Waals surface area contributed by atoms with E-state index in [9.17, 15) is 4.79 Å². The quantitative estimate of drug-likeness (QED) is 0.894. The van der Waals surface area contributed by atoms with Gasteiger partial charge in [0.15, 0.2) is 0 Å². The van der Waals surface area contributed by atoms with E-state index in [-0.39, 0.29) is 5.91 Å². The first-order valence-corrected chi connectivity index (χ1v) is 6.36. The molecule has 1 aromatic carbocycles. The van der Waals surface area contributed by atoms with Gasteiger partial charge in [0, 0.05) is 24.2 Å². The summed E-state index contributed by atoms with van der Waals surface area (Å²) in [7, 11) is 0. The Labute approximate surface area is 110 Å². The lowest BCUT2D eigenvalue weighted by atomic mass is 9.94. The van der Waals surface area contributed by atoms with Crippen molar-refractivity contribution in [1.82, 2.24) is 0 Å². The minimum absolute atomic E-state index is 0.111. The van der Waals surface area contributed by atoms with Crippen LogP contribution >= 0.6 is 0 Å². The topological polar surface area (TPSA) is 46.3 Å². The number of anilines is 1. The Morgan fingerprint density at radius 3 is 2.33 bits per heavy atom. The minimum Gasteiger partial charge on any atom is -0.329 e. The third-order valence-electron chi connectivity index (χ3n) is 2.88. The fraction of sp³-hybridized carbons (Fsp3) is 0.533. The van der Waals surface area contributed by atoms with Gasteiger partial charge >= 0.3 is 0 Å². The summed E-state index contributed by atoms with van der Waals surface area (Å²) in [5, 5.41) is 0. The number of rotatable bonds is 3. The van der Waals surface area contributed by atoms with Gasteiger partial charge < -0.3 is 10.6 Å². The Balaban J connectivity index is 3.16. The number of carbonyl (C=O) groups is 1. The number of carbonyl (C=O) groups excluding carboxylic acids is 1. The van der Waals surface area contributed by atoms with Gasteiger partial charge in [0.2, 0.25) is 5.91 Å². The van der Waals surface area contributed by atoms with Crippen LogP contribution in [0.3, 0.4) is 0 Å². The molecule has 2 N–H and O–H groups in total. The van der Waals surface area contributed by atoms with Crippen LogP contribution in [0, 0.1) is 19.3 Å². The molecule has 100 valence electrons. The SMILES string of the molecule is Cc1ccc(N(CCN)C(=O)C(C)(C)C)c(C)c1. The summed E-state index contributed by atoms with van der Waals surface area (Å²) in [6, 6.07) is 6.13. The molecule has 0 spiro atoms. The van der Waals surface area contributed by atoms with Crippen molar-refractivity contribution in [1.29, 1.82) is 0 Å². The third-order valence-corrected chi connectivity index (χ3v) is 2.88. The second kappa shape index (κ2) is 5.53. The van der Waals surface area contributed by atoms with Crippen LogP contribution in [0.1, 0.15) is 31.9 Å². The average Bonchev–Trinajstić information content (AvgIpc) is 2.24. The molecule has 1 amide bonds. The molecule has 0 aromatic heterocycles. The largest absolute Gasteiger partial charge is 0.329 e. The highest BCUT2D eigenvalue weighted by Gasteiger charge is 2.28. The molecule has 1 aromatic rings. The number of amides is 1. The van der Waals surface area contributed by atoms with Gasteiger partial charge in [-0.15, -0.1) is 0 Å². The van der Waals surface area contributed by atoms with Gasteiger partial charge in [0.1, 0.15) is 0 Å². The molecule has 0 heterocycles. The molecule has 0 bridgehead atoms. The van der Waals surface area contributed by atoms with E-state index in [4.69, 9.17) is 5.73 Å². The van der Waals surface area contributed by atoms with Crippen molar-refractivity contribution >= 4 is 11.6 Å². The van der Waals surface area contributed by atoms with Crippen LogP contribution in [0.4, 0.5) is 5.69 Å². The zero-order valence-corrected chi connectivity index (χ0v) is 12.1. The molecule has 1 rings (SSSR count). The Morgan fingerprint density at radius 2 is 1.89 bits per heavy atom. The van der Waals surface area contributed by atoms with Crippen LogP contribution in [0.15, 0.2) is 18.2 Å². The highest BCUT2D eigenvalue weighted by molar-refractivity contribution is 5.97. The minimum atomic E-state index is -0.396. The fourth-order valence-corrected chi connectivity index (χ4v) is 1.97. The fourth-order valence-electron chi connectivity index (χ4n) is 1.97. The normalized spacial score (nSPS) is 11.4. The van der Waals surface area contributed by atoms with Crippen molar-refractivity contribution < 1.29 is 4.79 Å². The summed E-state index contributed by atoms with van der Waals surface area (Å²) in [5.41, 5.74) is 8.51. The average molecular weight is 248 g/mol. The third kappa shape index (κ3) is 3.33. The van der Waals surface area contributed by atoms with E-state index in [2.05, 4.69) is 13.0 Å². The van der Waals surface area contributed by atoms with Gasteiger partial charge in [-0.05, 0) is 25.5 Å². The number of nitrogens with two attached hydrogens (primary N) is 1. The molecule has 0 saturated heterocycles. The van der Waals surface area contributed by atoms with Crippen molar-refractivity contribution in [3.63, 3.8) is 0 Å². The molecule has 0 unspecified atom stereocenters. The van der Waals surface area contributed by atoms with Crippen molar-refractivity contribution in [2.45, 2.75) is 34.6 Å². The number of hydrogen-bond donors (Lipinski definition) is 1. The zero-order valence-electron chi connectivity index (χ0n) is 12.1. The molecule has 0 aliphatic heterocycles. The lowest BCUT2D eigenvalue weighted by Crippen LogP contribution is -2.42. The van der Waals surface area contributed by atoms with Crippen LogP contribution in [-0.2, 0) is 4.79 Å². The predicted molar refractivity (Wildman–Crippen MR) is 76.8 cm³/mol. The summed E-state index contributed by atoms with van der Waals surface area (Å²) < 4.78 is 0. The Hall–Kier alpha value is -1.35. The number of aryl methyl sites for hydroxylation is 2. The second-order valence-electron chi connectivity index (χ2n) is 5.79. The summed E-state index contributed by atoms with van der Waals surface area (Å²) >= 11 is 0. The summed E-state index contributed by atoms with van der Waals surface area (Å²) in [5.74, 6) is 0.111. The zero-order chi connectivity index (χ0) is 13.9. The Morgan fingerprint density at radius 1 is 1.28 bits per heavy atom. The molecule has 18 heavy (non-hydrogen) atoms. The maximum Gasteiger partial charge on any atom is 0.232 e. The molecule has 0 aliphatic carbocycles. The van der Waals surface area contributed by atoms with Gasteiger partial charge in [-0.2, -0.15) is 0 Å². The molecule has 0 aliphatic rings. The highest BCUT2D eigenvalue weighted by atomic mass is 16.2. The smallest absolute Gasteiger partial charge is 0.232 e. The molecule has 3 nitrogen and oxygen atoms in total. The van der Waals surface area contributed by atoms with Gasteiger partial charge in [-0.1, -0.05) is 38.5 Å². The van der Waals surface area contributed by atoms with Crippen LogP contribution in [0.2, 0.25) is 0 Å². The molecule has 3 heteroatoms. The van der Waals surface area contributed by atoms with Crippen LogP contribution < -0.4 is 10.6 Å². The lowest BCUT2D eigenvalue weighted by Gasteiger charge is -2.30. The molecule has 0 fully saturated rings. The standard InChI is InChI=1S/C15H24N2O/c1-11-6-7-13(12(2)10-11)17(9-8-16)14(18)15(3,4)5/h6-7,10H,8-9,16H2,1-5H3. The van der Waals surface area contributed by atoms with E-state index >= 15 is 0 Å². The van der Waals surface area contributed by atoms with Gasteiger partial charge in [0.05, 0.1) is 0 Å². The van der Waals surface area contributed by atoms with Crippen molar-refractivity contribution in [2.75, 3.05) is 18.0 Å². The maximum atomic E-state index is 12.5. The van der Waals surface area contributed by atoms with Gasteiger partial charge in [-0.3, -0.25) is 4.79 Å². The molecule has 0 atom stereocenters. The molecular formula is C15H24N2O. The van der Waals surface area contributed by atoms with Gasteiger partial charge in [-0.25, -0.2) is 0 Å². The van der Waals surface area contributed by atoms with Crippen molar-refractivity contribution in [2.24, 2.45) is 11.1 Å². The van der Waals surface area contributed by atoms with Gasteiger partial charge in [0.25, 0.3) is 0 Å². The predicted octanol–water partition coefficient (Wildman–Crippen LogP) is 2.64. The molecule has 0 saturated carbocycles. The summed E-state index contributed by atoms with van der Waals surface area (Å²) in [4.78, 5) is 14.3. The highest BCUT2D eigenvalue weighted by Crippen LogP contribution is 2.26. The van der Waals surface area contributed by atoms with Crippen LogP contribution in [0.25, 0.3) is 0 Å². The lowest BCUT2D eigenvalue weighted by molar-refractivity contribution is -0.125. The number of hydrogen-bond acceptors (Lipinski definition) is 2. The van der Waals surface area contributed by atoms with E-state index < -0.39 is 5.41 Å². The first-order chi connectivity index (χ1) is 8.27. The Kier molecular flexibility index (Phi) is 4.52. The van der Waals surface area contributed by atoms with E-state index in [1.807, 2.05) is 39.8 Å². The molecule has 0 radical (unpaired) electrons. The van der Waals surface area contributed by atoms with Crippen molar-refractivity contribution in [3.05, 3.63) is 29.3 Å². The maximum absolute atomic E-state index is 12.5.